The molecule has 0 N–H and O–H groups in total. The lowest BCUT2D eigenvalue weighted by Gasteiger charge is -2.30. The molecule has 0 bridgehead atoms. The van der Waals surface area contributed by atoms with Gasteiger partial charge in [0.25, 0.3) is 5.91 Å². The molecule has 0 aliphatic carbocycles. The predicted octanol–water partition coefficient (Wildman–Crippen LogP) is 3.54. The standard InChI is InChI=1S/C25H26N2O4/c28-25(22-7-6-20-3-1-2-4-21(20)16-22)27(10-9-26-11-13-29-14-12-26)17-19-5-8-23-24(15-19)31-18-30-23/h1-8,15-16H,9-14,17-18H2. The number of benzene rings is 3. The molecule has 2 aliphatic heterocycles. The van der Waals surface area contributed by atoms with Gasteiger partial charge in [0.05, 0.1) is 13.2 Å². The van der Waals surface area contributed by atoms with Crippen molar-refractivity contribution in [2.45, 2.75) is 6.54 Å². The fraction of sp³-hybridized carbons (Fsp3) is 0.320. The summed E-state index contributed by atoms with van der Waals surface area (Å²) in [4.78, 5) is 17.8. The highest BCUT2D eigenvalue weighted by molar-refractivity contribution is 5.98. The number of ether oxygens (including phenoxy) is 3. The monoisotopic (exact) mass is 418 g/mol. The Balaban J connectivity index is 1.38. The molecule has 2 heterocycles. The summed E-state index contributed by atoms with van der Waals surface area (Å²) in [5.74, 6) is 1.53. The first kappa shape index (κ1) is 19.8. The molecule has 3 aromatic rings. The van der Waals surface area contributed by atoms with Crippen molar-refractivity contribution in [3.8, 4) is 11.5 Å². The number of hydrogen-bond acceptors (Lipinski definition) is 5. The molecule has 31 heavy (non-hydrogen) atoms. The zero-order chi connectivity index (χ0) is 21.0. The van der Waals surface area contributed by atoms with E-state index in [9.17, 15) is 4.79 Å². The Labute approximate surface area is 181 Å². The van der Waals surface area contributed by atoms with Crippen LogP contribution in [-0.4, -0.2) is 61.9 Å². The van der Waals surface area contributed by atoms with Gasteiger partial charge in [-0.2, -0.15) is 0 Å². The smallest absolute Gasteiger partial charge is 0.254 e. The summed E-state index contributed by atoms with van der Waals surface area (Å²) in [7, 11) is 0. The highest BCUT2D eigenvalue weighted by Crippen LogP contribution is 2.33. The third-order valence-electron chi connectivity index (χ3n) is 5.88. The van der Waals surface area contributed by atoms with Gasteiger partial charge >= 0.3 is 0 Å². The molecule has 6 nitrogen and oxygen atoms in total. The molecule has 0 atom stereocenters. The van der Waals surface area contributed by atoms with Crippen LogP contribution in [0.2, 0.25) is 0 Å². The molecule has 2 aliphatic rings. The molecule has 1 fully saturated rings. The summed E-state index contributed by atoms with van der Waals surface area (Å²) in [6.45, 7) is 5.56. The lowest BCUT2D eigenvalue weighted by atomic mass is 10.1. The van der Waals surface area contributed by atoms with E-state index in [0.29, 0.717) is 18.7 Å². The molecule has 0 radical (unpaired) electrons. The van der Waals surface area contributed by atoms with Gasteiger partial charge in [0.1, 0.15) is 0 Å². The molecule has 1 saturated heterocycles. The third-order valence-corrected chi connectivity index (χ3v) is 5.88. The van der Waals surface area contributed by atoms with Crippen LogP contribution >= 0.6 is 0 Å². The topological polar surface area (TPSA) is 51.2 Å². The van der Waals surface area contributed by atoms with E-state index in [-0.39, 0.29) is 12.7 Å². The van der Waals surface area contributed by atoms with Crippen LogP contribution in [0.15, 0.2) is 60.7 Å². The van der Waals surface area contributed by atoms with Crippen LogP contribution in [0.5, 0.6) is 11.5 Å². The first-order valence-corrected chi connectivity index (χ1v) is 10.7. The Morgan fingerprint density at radius 3 is 2.58 bits per heavy atom. The van der Waals surface area contributed by atoms with E-state index >= 15 is 0 Å². The fourth-order valence-corrected chi connectivity index (χ4v) is 4.10. The molecule has 160 valence electrons. The number of nitrogens with zero attached hydrogens (tertiary/aromatic N) is 2. The van der Waals surface area contributed by atoms with Gasteiger partial charge in [-0.15, -0.1) is 0 Å². The largest absolute Gasteiger partial charge is 0.454 e. The Kier molecular flexibility index (Phi) is 5.74. The summed E-state index contributed by atoms with van der Waals surface area (Å²) in [6.07, 6.45) is 0. The van der Waals surface area contributed by atoms with Crippen LogP contribution in [0.4, 0.5) is 0 Å². The summed E-state index contributed by atoms with van der Waals surface area (Å²) in [5.41, 5.74) is 1.74. The molecule has 3 aromatic carbocycles. The number of fused-ring (bicyclic) bond motifs is 2. The SMILES string of the molecule is O=C(c1ccc2ccccc2c1)N(CCN1CCOCC1)Cc1ccc2c(c1)OCO2. The highest BCUT2D eigenvalue weighted by Gasteiger charge is 2.21. The Hall–Kier alpha value is -3.09. The lowest BCUT2D eigenvalue weighted by Crippen LogP contribution is -2.42. The van der Waals surface area contributed by atoms with Crippen molar-refractivity contribution < 1.29 is 19.0 Å². The number of carbonyl (C=O) groups is 1. The van der Waals surface area contributed by atoms with Gasteiger partial charge in [-0.05, 0) is 40.6 Å². The summed E-state index contributed by atoms with van der Waals surface area (Å²) < 4.78 is 16.4. The second kappa shape index (κ2) is 8.96. The minimum atomic E-state index is 0.0386. The maximum absolute atomic E-state index is 13.5. The van der Waals surface area contributed by atoms with Crippen molar-refractivity contribution in [1.82, 2.24) is 9.80 Å². The lowest BCUT2D eigenvalue weighted by molar-refractivity contribution is 0.0320. The van der Waals surface area contributed by atoms with E-state index in [2.05, 4.69) is 11.0 Å². The van der Waals surface area contributed by atoms with Crippen LogP contribution in [-0.2, 0) is 11.3 Å². The van der Waals surface area contributed by atoms with E-state index < -0.39 is 0 Å². The van der Waals surface area contributed by atoms with Gasteiger partial charge in [-0.25, -0.2) is 0 Å². The van der Waals surface area contributed by atoms with Crippen LogP contribution in [0.1, 0.15) is 15.9 Å². The van der Waals surface area contributed by atoms with Crippen LogP contribution in [0.25, 0.3) is 10.8 Å². The minimum absolute atomic E-state index is 0.0386. The normalized spacial score (nSPS) is 15.9. The Morgan fingerprint density at radius 1 is 0.903 bits per heavy atom. The van der Waals surface area contributed by atoms with Gasteiger partial charge in [0, 0.05) is 38.3 Å². The van der Waals surface area contributed by atoms with Crippen molar-refractivity contribution in [3.05, 3.63) is 71.8 Å². The van der Waals surface area contributed by atoms with Crippen LogP contribution < -0.4 is 9.47 Å². The quantitative estimate of drug-likeness (QED) is 0.613. The zero-order valence-corrected chi connectivity index (χ0v) is 17.5. The van der Waals surface area contributed by atoms with Crippen LogP contribution in [0.3, 0.4) is 0 Å². The van der Waals surface area contributed by atoms with Gasteiger partial charge in [0.2, 0.25) is 6.79 Å². The summed E-state index contributed by atoms with van der Waals surface area (Å²) >= 11 is 0. The van der Waals surface area contributed by atoms with E-state index in [0.717, 1.165) is 60.7 Å². The van der Waals surface area contributed by atoms with Gasteiger partial charge in [-0.1, -0.05) is 36.4 Å². The average molecular weight is 418 g/mol. The van der Waals surface area contributed by atoms with E-state index in [4.69, 9.17) is 14.2 Å². The molecule has 0 aromatic heterocycles. The molecular weight excluding hydrogens is 392 g/mol. The minimum Gasteiger partial charge on any atom is -0.454 e. The van der Waals surface area contributed by atoms with Gasteiger partial charge in [-0.3, -0.25) is 9.69 Å². The summed E-state index contributed by atoms with van der Waals surface area (Å²) in [6, 6.07) is 19.9. The second-order valence-electron chi connectivity index (χ2n) is 7.93. The fourth-order valence-electron chi connectivity index (χ4n) is 4.10. The van der Waals surface area contributed by atoms with Crippen molar-refractivity contribution in [1.29, 1.82) is 0 Å². The summed E-state index contributed by atoms with van der Waals surface area (Å²) in [5, 5.41) is 2.21. The first-order chi connectivity index (χ1) is 15.3. The number of morpholine rings is 1. The Morgan fingerprint density at radius 2 is 1.71 bits per heavy atom. The number of amides is 1. The molecule has 6 heteroatoms. The number of rotatable bonds is 6. The molecule has 1 amide bonds. The first-order valence-electron chi connectivity index (χ1n) is 10.7. The molecule has 0 spiro atoms. The van der Waals surface area contributed by atoms with Crippen molar-refractivity contribution in [2.75, 3.05) is 46.2 Å². The molecule has 0 unspecified atom stereocenters. The molecule has 0 saturated carbocycles. The predicted molar refractivity (Wildman–Crippen MR) is 119 cm³/mol. The van der Waals surface area contributed by atoms with Crippen molar-refractivity contribution in [2.24, 2.45) is 0 Å². The Bertz CT molecular complexity index is 1080. The van der Waals surface area contributed by atoms with E-state index in [1.54, 1.807) is 0 Å². The zero-order valence-electron chi connectivity index (χ0n) is 17.5. The second-order valence-corrected chi connectivity index (χ2v) is 7.93. The maximum Gasteiger partial charge on any atom is 0.254 e. The molecule has 5 rings (SSSR count). The third kappa shape index (κ3) is 4.50. The number of carbonyl (C=O) groups excluding carboxylic acids is 1. The molecular formula is C25H26N2O4. The van der Waals surface area contributed by atoms with Gasteiger partial charge in [0.15, 0.2) is 11.5 Å². The van der Waals surface area contributed by atoms with E-state index in [1.165, 1.54) is 0 Å². The van der Waals surface area contributed by atoms with Crippen LogP contribution in [0, 0.1) is 0 Å². The average Bonchev–Trinajstić information content (AvgIpc) is 3.29. The maximum atomic E-state index is 13.5. The van der Waals surface area contributed by atoms with E-state index in [1.807, 2.05) is 59.5 Å². The van der Waals surface area contributed by atoms with Crippen molar-refractivity contribution >= 4 is 16.7 Å². The van der Waals surface area contributed by atoms with Gasteiger partial charge < -0.3 is 19.1 Å². The highest BCUT2D eigenvalue weighted by atomic mass is 16.7. The van der Waals surface area contributed by atoms with Crippen molar-refractivity contribution in [3.63, 3.8) is 0 Å². The number of hydrogen-bond donors (Lipinski definition) is 0.